The molecule has 0 aliphatic rings. The predicted molar refractivity (Wildman–Crippen MR) is 50.0 cm³/mol. The number of nitrogens with zero attached hydrogens (tertiary/aromatic N) is 2. The topological polar surface area (TPSA) is 73.1 Å². The molecule has 0 unspecified atom stereocenters. The number of aromatic nitrogens is 1. The first-order chi connectivity index (χ1) is 6.47. The van der Waals surface area contributed by atoms with E-state index in [2.05, 4.69) is 4.98 Å². The number of hydrogen-bond donors (Lipinski definition) is 0. The summed E-state index contributed by atoms with van der Waals surface area (Å²) in [7, 11) is 0. The van der Waals surface area contributed by atoms with Crippen LogP contribution in [0.15, 0.2) is 18.3 Å². The monoisotopic (exact) mass is 194 g/mol. The molecule has 0 aliphatic heterocycles. The van der Waals surface area contributed by atoms with E-state index in [0.29, 0.717) is 5.69 Å². The summed E-state index contributed by atoms with van der Waals surface area (Å²) < 4.78 is 0. The van der Waals surface area contributed by atoms with E-state index in [0.717, 1.165) is 12.5 Å². The zero-order valence-electron chi connectivity index (χ0n) is 7.93. The van der Waals surface area contributed by atoms with Crippen LogP contribution in [0.3, 0.4) is 0 Å². The molecule has 0 saturated heterocycles. The Morgan fingerprint density at radius 1 is 1.50 bits per heavy atom. The van der Waals surface area contributed by atoms with Crippen molar-refractivity contribution in [3.63, 3.8) is 0 Å². The second-order valence-corrected chi connectivity index (χ2v) is 3.50. The predicted octanol–water partition coefficient (Wildman–Crippen LogP) is 1.47. The Labute approximate surface area is 80.9 Å². The molecule has 0 aromatic carbocycles. The van der Waals surface area contributed by atoms with Crippen molar-refractivity contribution in [2.75, 3.05) is 0 Å². The van der Waals surface area contributed by atoms with E-state index in [9.17, 15) is 14.9 Å². The minimum Gasteiger partial charge on any atom is -0.302 e. The molecule has 0 saturated carbocycles. The molecule has 1 aromatic rings. The van der Waals surface area contributed by atoms with E-state index in [-0.39, 0.29) is 5.69 Å². The van der Waals surface area contributed by atoms with Gasteiger partial charge < -0.3 is 4.79 Å². The maximum atomic E-state index is 10.7. The lowest BCUT2D eigenvalue weighted by Gasteiger charge is -2.14. The Kier molecular flexibility index (Phi) is 2.60. The molecule has 5 heteroatoms. The molecule has 1 heterocycles. The standard InChI is InChI=1S/C9H10N2O3/c1-9(2,6-12)8-4-3-7(5-10-8)11(13)14/h3-6H,1-2H3. The van der Waals surface area contributed by atoms with Crippen molar-refractivity contribution in [2.24, 2.45) is 0 Å². The quantitative estimate of drug-likeness (QED) is 0.415. The van der Waals surface area contributed by atoms with E-state index < -0.39 is 10.3 Å². The van der Waals surface area contributed by atoms with Gasteiger partial charge in [-0.25, -0.2) is 0 Å². The van der Waals surface area contributed by atoms with E-state index in [1.165, 1.54) is 12.1 Å². The first-order valence-corrected chi connectivity index (χ1v) is 4.04. The molecule has 1 rings (SSSR count). The number of nitro groups is 1. The lowest BCUT2D eigenvalue weighted by Crippen LogP contribution is -2.20. The third-order valence-electron chi connectivity index (χ3n) is 1.91. The molecule has 74 valence electrons. The van der Waals surface area contributed by atoms with Crippen LogP contribution in [-0.4, -0.2) is 16.2 Å². The van der Waals surface area contributed by atoms with Gasteiger partial charge in [-0.15, -0.1) is 0 Å². The van der Waals surface area contributed by atoms with E-state index >= 15 is 0 Å². The number of rotatable bonds is 3. The minimum atomic E-state index is -0.699. The van der Waals surface area contributed by atoms with Crippen LogP contribution in [0, 0.1) is 10.1 Å². The normalized spacial score (nSPS) is 11.0. The molecule has 0 spiro atoms. The third kappa shape index (κ3) is 1.93. The fourth-order valence-corrected chi connectivity index (χ4v) is 0.936. The summed E-state index contributed by atoms with van der Waals surface area (Å²) in [4.78, 5) is 24.3. The Hall–Kier alpha value is -1.78. The summed E-state index contributed by atoms with van der Waals surface area (Å²) in [6, 6.07) is 2.83. The van der Waals surface area contributed by atoms with Crippen LogP contribution in [0.2, 0.25) is 0 Å². The van der Waals surface area contributed by atoms with Crippen LogP contribution >= 0.6 is 0 Å². The molecule has 0 aliphatic carbocycles. The zero-order chi connectivity index (χ0) is 10.8. The van der Waals surface area contributed by atoms with Gasteiger partial charge in [0.2, 0.25) is 0 Å². The molecular weight excluding hydrogens is 184 g/mol. The molecule has 0 amide bonds. The van der Waals surface area contributed by atoms with Crippen molar-refractivity contribution in [3.8, 4) is 0 Å². The van der Waals surface area contributed by atoms with Crippen molar-refractivity contribution in [3.05, 3.63) is 34.1 Å². The summed E-state index contributed by atoms with van der Waals surface area (Å²) in [5.74, 6) is 0. The Morgan fingerprint density at radius 2 is 2.14 bits per heavy atom. The van der Waals surface area contributed by atoms with Gasteiger partial charge in [-0.05, 0) is 19.9 Å². The van der Waals surface area contributed by atoms with Gasteiger partial charge in [0.05, 0.1) is 16.0 Å². The minimum absolute atomic E-state index is 0.0737. The van der Waals surface area contributed by atoms with E-state index in [1.807, 2.05) is 0 Å². The SMILES string of the molecule is CC(C)(C=O)c1ccc([N+](=O)[O-])cn1. The second-order valence-electron chi connectivity index (χ2n) is 3.50. The zero-order valence-corrected chi connectivity index (χ0v) is 7.93. The van der Waals surface area contributed by atoms with Gasteiger partial charge in [0.15, 0.2) is 0 Å². The van der Waals surface area contributed by atoms with Crippen molar-refractivity contribution in [1.29, 1.82) is 0 Å². The van der Waals surface area contributed by atoms with Crippen LogP contribution in [0.5, 0.6) is 0 Å². The van der Waals surface area contributed by atoms with E-state index in [1.54, 1.807) is 13.8 Å². The first-order valence-electron chi connectivity index (χ1n) is 4.04. The number of carbonyl (C=O) groups excluding carboxylic acids is 1. The van der Waals surface area contributed by atoms with Crippen LogP contribution in [0.1, 0.15) is 19.5 Å². The number of aldehydes is 1. The largest absolute Gasteiger partial charge is 0.302 e. The lowest BCUT2D eigenvalue weighted by atomic mass is 9.91. The van der Waals surface area contributed by atoms with Crippen LogP contribution in [-0.2, 0) is 10.2 Å². The molecule has 1 aromatic heterocycles. The molecule has 14 heavy (non-hydrogen) atoms. The highest BCUT2D eigenvalue weighted by atomic mass is 16.6. The molecule has 0 N–H and O–H groups in total. The van der Waals surface area contributed by atoms with Gasteiger partial charge in [-0.3, -0.25) is 15.1 Å². The number of carbonyl (C=O) groups is 1. The Bertz CT molecular complexity index is 357. The average Bonchev–Trinajstić information content (AvgIpc) is 2.18. The number of pyridine rings is 1. The summed E-state index contributed by atoms with van der Waals surface area (Å²) in [5.41, 5.74) is -0.247. The highest BCUT2D eigenvalue weighted by molar-refractivity contribution is 5.66. The molecule has 0 radical (unpaired) electrons. The van der Waals surface area contributed by atoms with Gasteiger partial charge in [-0.2, -0.15) is 0 Å². The maximum absolute atomic E-state index is 10.7. The molecule has 0 bridgehead atoms. The average molecular weight is 194 g/mol. The molecule has 0 atom stereocenters. The highest BCUT2D eigenvalue weighted by Crippen LogP contribution is 2.19. The third-order valence-corrected chi connectivity index (χ3v) is 1.91. The number of hydrogen-bond acceptors (Lipinski definition) is 4. The van der Waals surface area contributed by atoms with Crippen LogP contribution in [0.4, 0.5) is 5.69 Å². The molecule has 0 fully saturated rings. The van der Waals surface area contributed by atoms with Crippen molar-refractivity contribution < 1.29 is 9.72 Å². The van der Waals surface area contributed by atoms with Gasteiger partial charge in [0.25, 0.3) is 5.69 Å². The van der Waals surface area contributed by atoms with Gasteiger partial charge in [0, 0.05) is 6.07 Å². The second kappa shape index (κ2) is 3.53. The van der Waals surface area contributed by atoms with Gasteiger partial charge in [-0.1, -0.05) is 0 Å². The van der Waals surface area contributed by atoms with E-state index in [4.69, 9.17) is 0 Å². The maximum Gasteiger partial charge on any atom is 0.287 e. The Balaban J connectivity index is 3.05. The fourth-order valence-electron chi connectivity index (χ4n) is 0.936. The summed E-state index contributed by atoms with van der Waals surface area (Å²) in [6.07, 6.45) is 1.92. The summed E-state index contributed by atoms with van der Waals surface area (Å²) >= 11 is 0. The Morgan fingerprint density at radius 3 is 2.50 bits per heavy atom. The summed E-state index contributed by atoms with van der Waals surface area (Å²) in [5, 5.41) is 10.3. The van der Waals surface area contributed by atoms with Gasteiger partial charge in [0.1, 0.15) is 12.5 Å². The molecule has 5 nitrogen and oxygen atoms in total. The smallest absolute Gasteiger partial charge is 0.287 e. The van der Waals surface area contributed by atoms with Crippen LogP contribution < -0.4 is 0 Å². The fraction of sp³-hybridized carbons (Fsp3) is 0.333. The first kappa shape index (κ1) is 10.3. The highest BCUT2D eigenvalue weighted by Gasteiger charge is 2.21. The van der Waals surface area contributed by atoms with Crippen molar-refractivity contribution in [1.82, 2.24) is 4.98 Å². The van der Waals surface area contributed by atoms with Crippen molar-refractivity contribution in [2.45, 2.75) is 19.3 Å². The lowest BCUT2D eigenvalue weighted by molar-refractivity contribution is -0.385. The van der Waals surface area contributed by atoms with Gasteiger partial charge >= 0.3 is 0 Å². The summed E-state index contributed by atoms with van der Waals surface area (Å²) in [6.45, 7) is 3.41. The molecular formula is C9H10N2O3. The van der Waals surface area contributed by atoms with Crippen molar-refractivity contribution >= 4 is 12.0 Å². The van der Waals surface area contributed by atoms with Crippen LogP contribution in [0.25, 0.3) is 0 Å².